The number of aromatic nitrogens is 8. The van der Waals surface area contributed by atoms with Crippen LogP contribution in [0.25, 0.3) is 22.3 Å². The van der Waals surface area contributed by atoms with Crippen molar-refractivity contribution in [2.75, 3.05) is 71.2 Å². The van der Waals surface area contributed by atoms with Gasteiger partial charge in [-0.2, -0.15) is 0 Å². The molecule has 406 valence electrons. The first kappa shape index (κ1) is 73.6. The molecule has 4 aromatic heterocycles. The van der Waals surface area contributed by atoms with E-state index in [1.165, 1.54) is 12.7 Å². The van der Waals surface area contributed by atoms with E-state index in [1.54, 1.807) is 61.8 Å². The number of aliphatic hydroxyl groups excluding tert-OH is 1. The number of hydrogen-bond acceptors (Lipinski definition) is 21. The van der Waals surface area contributed by atoms with Crippen LogP contribution in [-0.2, 0) is 69.2 Å². The molecule has 3 fully saturated rings. The van der Waals surface area contributed by atoms with Crippen molar-refractivity contribution in [1.29, 1.82) is 0 Å². The summed E-state index contributed by atoms with van der Waals surface area (Å²) in [6.07, 6.45) is 7.77. The topological polar surface area (TPSA) is 316 Å². The van der Waals surface area contributed by atoms with E-state index < -0.39 is 27.9 Å². The number of anilines is 1. The van der Waals surface area contributed by atoms with Crippen LogP contribution >= 0.6 is 15.2 Å². The molecule has 0 aromatic carbocycles. The number of aliphatic imine (C=N–C) groups is 1. The van der Waals surface area contributed by atoms with E-state index in [-0.39, 0.29) is 271 Å². The molecular formula is C44H72Cs3N11O15P2. The minimum Gasteiger partial charge on any atom is -0.529 e. The quantitative estimate of drug-likeness (QED) is 0.0146. The van der Waals surface area contributed by atoms with Crippen molar-refractivity contribution in [3.63, 3.8) is 0 Å². The van der Waals surface area contributed by atoms with Gasteiger partial charge in [-0.3, -0.25) is 9.13 Å². The standard InChI is InChI=1S/C21H34N6O6P.C16H25N5O6P.C7H13O3.3Cs/c1-5-26(6-2)13-25-20-19-21(23-12-22-20)27(14-24-19)10-17(4)32-15-34(28,29)33-8-7-30-18-9-16(3)11-31-18;1-11-5-13(25-7-11)24-3-4-27-28(22,23)10-26-12(2)6-21-9-20-14-15(17)18-8-19-16(14)21;1-6-4-7(10-5-6)9-3-2-8;;;/h11-14,16-18H,5-10,15H2,1-4H3,(H,28,29);7-9,11-13H,3-6,10H2,1-2H3,(H,22,23)(H2,17,18,19);5-8H,2-4H2,1H3;;;/q3*-1;3*+1/t16-,17-,18?;11-,12-,13?;6-,7?;;;/m111.../s1. The van der Waals surface area contributed by atoms with Crippen LogP contribution in [0.4, 0.5) is 11.6 Å². The molecule has 5 unspecified atom stereocenters. The normalized spacial score (nSPS) is 22.7. The first-order valence-electron chi connectivity index (χ1n) is 23.9. The molecule has 0 spiro atoms. The number of ether oxygens (including phenoxy) is 8. The fraction of sp³-hybridized carbons (Fsp3) is 0.682. The van der Waals surface area contributed by atoms with E-state index in [1.807, 2.05) is 18.7 Å². The van der Waals surface area contributed by atoms with Gasteiger partial charge in [-0.25, -0.2) is 54.7 Å². The molecule has 3 saturated heterocycles. The van der Waals surface area contributed by atoms with E-state index in [0.29, 0.717) is 71.4 Å². The number of imidazole rings is 2. The average molecular weight is 1460 g/mol. The molecule has 7 heterocycles. The van der Waals surface area contributed by atoms with Crippen molar-refractivity contribution < 1.29 is 278 Å². The summed E-state index contributed by atoms with van der Waals surface area (Å²) in [5, 5.41) is 8.40. The van der Waals surface area contributed by atoms with Crippen molar-refractivity contribution in [2.24, 2.45) is 22.7 Å². The average Bonchev–Trinajstić information content (AvgIpc) is 4.22. The van der Waals surface area contributed by atoms with Crippen LogP contribution in [-0.4, -0.2) is 162 Å². The Morgan fingerprint density at radius 2 is 1.13 bits per heavy atom. The van der Waals surface area contributed by atoms with Crippen LogP contribution in [0, 0.1) is 37.6 Å². The predicted molar refractivity (Wildman–Crippen MR) is 262 cm³/mol. The van der Waals surface area contributed by atoms with Crippen molar-refractivity contribution in [3.05, 3.63) is 45.1 Å². The molecule has 0 saturated carbocycles. The summed E-state index contributed by atoms with van der Waals surface area (Å²) in [4.78, 5) is 51.5. The predicted octanol–water partition coefficient (Wildman–Crippen LogP) is -3.96. The Kier molecular flexibility index (Phi) is 38.4. The monoisotopic (exact) mass is 1460 g/mol. The maximum Gasteiger partial charge on any atom is 1.00 e. The summed E-state index contributed by atoms with van der Waals surface area (Å²) in [6, 6.07) is 0. The van der Waals surface area contributed by atoms with E-state index in [0.717, 1.165) is 32.4 Å². The number of aliphatic hydroxyl groups is 1. The maximum atomic E-state index is 12.3. The molecule has 0 aliphatic carbocycles. The summed E-state index contributed by atoms with van der Waals surface area (Å²) in [5.74, 6) is 1.91. The second-order valence-corrected chi connectivity index (χ2v) is 20.9. The summed E-state index contributed by atoms with van der Waals surface area (Å²) < 4.78 is 80.8. The minimum atomic E-state index is -3.92. The smallest absolute Gasteiger partial charge is 0.529 e. The van der Waals surface area contributed by atoms with Gasteiger partial charge in [0.05, 0.1) is 83.9 Å². The van der Waals surface area contributed by atoms with Gasteiger partial charge in [-0.1, -0.05) is 20.8 Å². The largest absolute Gasteiger partial charge is 1.00 e. The molecule has 31 heteroatoms. The van der Waals surface area contributed by atoms with Crippen molar-refractivity contribution in [2.45, 2.75) is 112 Å². The zero-order chi connectivity index (χ0) is 52.1. The van der Waals surface area contributed by atoms with Gasteiger partial charge in [-0.15, -0.1) is 17.8 Å². The molecule has 5 N–H and O–H groups in total. The van der Waals surface area contributed by atoms with E-state index >= 15 is 0 Å². The molecule has 4 aromatic rings. The van der Waals surface area contributed by atoms with E-state index in [4.69, 9.17) is 57.8 Å². The first-order chi connectivity index (χ1) is 34.5. The first-order valence-corrected chi connectivity index (χ1v) is 27.4. The second kappa shape index (κ2) is 39.2. The van der Waals surface area contributed by atoms with Crippen molar-refractivity contribution >= 4 is 55.5 Å². The van der Waals surface area contributed by atoms with Crippen LogP contribution in [0.3, 0.4) is 0 Å². The second-order valence-electron chi connectivity index (χ2n) is 17.3. The zero-order valence-corrected chi connectivity index (χ0v) is 65.7. The number of fused-ring (bicyclic) bond motifs is 2. The fourth-order valence-electron chi connectivity index (χ4n) is 6.96. The number of nitrogen functional groups attached to an aromatic ring is 1. The van der Waals surface area contributed by atoms with E-state index in [2.05, 4.69) is 55.7 Å². The summed E-state index contributed by atoms with van der Waals surface area (Å²) in [7, 11) is -7.80. The van der Waals surface area contributed by atoms with E-state index in [9.17, 15) is 18.9 Å². The molecule has 10 atom stereocenters. The van der Waals surface area contributed by atoms with Gasteiger partial charge in [-0.05, 0) is 47.0 Å². The number of nitrogens with zero attached hydrogens (tertiary/aromatic N) is 10. The Labute approximate surface area is 616 Å². The van der Waals surface area contributed by atoms with Crippen LogP contribution < -0.4 is 212 Å². The molecule has 3 aliphatic rings. The Morgan fingerprint density at radius 3 is 1.56 bits per heavy atom. The number of hydrogen-bond donors (Lipinski definition) is 4. The fourth-order valence-corrected chi connectivity index (χ4v) is 8.72. The number of rotatable bonds is 27. The third kappa shape index (κ3) is 27.4. The molecule has 75 heavy (non-hydrogen) atoms. The van der Waals surface area contributed by atoms with Gasteiger partial charge in [0.15, 0.2) is 28.4 Å². The summed E-state index contributed by atoms with van der Waals surface area (Å²) >= 11 is 0. The van der Waals surface area contributed by atoms with Gasteiger partial charge in [0.1, 0.15) is 49.7 Å². The molecule has 26 nitrogen and oxygen atoms in total. The van der Waals surface area contributed by atoms with Gasteiger partial charge >= 0.3 is 222 Å². The molecular weight excluding hydrogens is 1380 g/mol. The summed E-state index contributed by atoms with van der Waals surface area (Å²) in [5.41, 5.74) is 8.02. The van der Waals surface area contributed by atoms with Crippen molar-refractivity contribution in [3.8, 4) is 0 Å². The van der Waals surface area contributed by atoms with Gasteiger partial charge in [0.25, 0.3) is 0 Å². The Morgan fingerprint density at radius 1 is 0.707 bits per heavy atom. The van der Waals surface area contributed by atoms with Gasteiger partial charge in [0, 0.05) is 13.1 Å². The minimum absolute atomic E-state index is 0. The van der Waals surface area contributed by atoms with Gasteiger partial charge in [0.2, 0.25) is 0 Å². The zero-order valence-electron chi connectivity index (χ0n) is 45.0. The van der Waals surface area contributed by atoms with Crippen molar-refractivity contribution in [1.82, 2.24) is 43.9 Å². The van der Waals surface area contributed by atoms with Gasteiger partial charge < -0.3 is 81.6 Å². The number of nitrogens with two attached hydrogens (primary N) is 1. The third-order valence-electron chi connectivity index (χ3n) is 10.8. The maximum absolute atomic E-state index is 12.3. The SMILES string of the molecule is CCN(C=Nc1ncnc2c1ncn2C[C@@H](C)OCP(=O)(O)OCCOC1C[C@@H](C)[CH-]O1)CC.C[C@H](Cn1cnc2c(N)ncnc21)OCP(=O)(O)OCCOC1C[C@@H](C)[CH-]O1.C[C@H]1[CH-]OC(OCCO)C1.[Cs+].[Cs+].[Cs+]. The molecule has 7 rings (SSSR count). The van der Waals surface area contributed by atoms with Crippen LogP contribution in [0.5, 0.6) is 0 Å². The van der Waals surface area contributed by atoms with Crippen LogP contribution in [0.2, 0.25) is 0 Å². The summed E-state index contributed by atoms with van der Waals surface area (Å²) in [6.45, 7) is 22.2. The van der Waals surface area contributed by atoms with Crippen LogP contribution in [0.1, 0.15) is 67.7 Å². The molecule has 0 radical (unpaired) electrons. The molecule has 0 bridgehead atoms. The Bertz CT molecular complexity index is 2350. The Hall–Kier alpha value is 2.47. The van der Waals surface area contributed by atoms with Crippen LogP contribution in [0.15, 0.2) is 30.3 Å². The third-order valence-corrected chi connectivity index (χ3v) is 12.9. The molecule has 3 aliphatic heterocycles. The molecule has 0 amide bonds. The Balaban J connectivity index is 0.000000423.